The normalized spacial score (nSPS) is 12.7. The summed E-state index contributed by atoms with van der Waals surface area (Å²) in [4.78, 5) is 38.9. The number of hydrogen-bond donors (Lipinski definition) is 2. The highest BCUT2D eigenvalue weighted by atomic mass is 16.6. The minimum atomic E-state index is -1.10. The highest BCUT2D eigenvalue weighted by Gasteiger charge is 2.34. The van der Waals surface area contributed by atoms with E-state index in [1.54, 1.807) is 58.9 Å². The number of nitrogens with zero attached hydrogens (tertiary/aromatic N) is 1. The van der Waals surface area contributed by atoms with Crippen LogP contribution in [-0.2, 0) is 14.3 Å². The molecule has 7 heteroatoms. The molecule has 2 atom stereocenters. The third kappa shape index (κ3) is 7.18. The average Bonchev–Trinajstić information content (AvgIpc) is 2.63. The van der Waals surface area contributed by atoms with Gasteiger partial charge in [0.05, 0.1) is 0 Å². The summed E-state index contributed by atoms with van der Waals surface area (Å²) in [5.41, 5.74) is 0.389. The van der Waals surface area contributed by atoms with Crippen molar-refractivity contribution in [2.45, 2.75) is 65.3 Å². The summed E-state index contributed by atoms with van der Waals surface area (Å²) in [6.45, 7) is 10.2. The fourth-order valence-corrected chi connectivity index (χ4v) is 2.56. The van der Waals surface area contributed by atoms with Crippen molar-refractivity contribution in [3.8, 4) is 24.8 Å². The lowest BCUT2D eigenvalue weighted by atomic mass is 10.0. The Labute approximate surface area is 178 Å². The number of carbonyl (C=O) groups is 3. The lowest BCUT2D eigenvalue weighted by Crippen LogP contribution is -2.50. The molecule has 2 N–H and O–H groups in total. The summed E-state index contributed by atoms with van der Waals surface area (Å²) in [6, 6.07) is 6.59. The van der Waals surface area contributed by atoms with Gasteiger partial charge in [0.1, 0.15) is 17.7 Å². The van der Waals surface area contributed by atoms with Gasteiger partial charge in [-0.3, -0.25) is 14.5 Å². The summed E-state index contributed by atoms with van der Waals surface area (Å²) in [5.74, 6) is 1.42. The quantitative estimate of drug-likeness (QED) is 0.556. The van der Waals surface area contributed by atoms with Crippen molar-refractivity contribution in [3.63, 3.8) is 0 Å². The maximum absolute atomic E-state index is 13.0. The van der Waals surface area contributed by atoms with Crippen LogP contribution in [0.4, 0.5) is 4.79 Å². The van der Waals surface area contributed by atoms with Crippen LogP contribution in [0.2, 0.25) is 0 Å². The number of alkyl carbamates (subject to hydrolysis) is 1. The van der Waals surface area contributed by atoms with Crippen molar-refractivity contribution in [2.24, 2.45) is 0 Å². The number of benzene rings is 1. The lowest BCUT2D eigenvalue weighted by molar-refractivity contribution is -0.138. The monoisotopic (exact) mass is 411 g/mol. The van der Waals surface area contributed by atoms with Gasteiger partial charge in [0.2, 0.25) is 5.91 Å². The Hall–Kier alpha value is -3.45. The molecular formula is C23H29N3O4. The van der Waals surface area contributed by atoms with Crippen LogP contribution in [0.25, 0.3) is 0 Å². The number of carbonyl (C=O) groups excluding carboxylic acids is 3. The third-order valence-electron chi connectivity index (χ3n) is 3.81. The first-order chi connectivity index (χ1) is 13.9. The van der Waals surface area contributed by atoms with E-state index in [9.17, 15) is 14.4 Å². The van der Waals surface area contributed by atoms with Gasteiger partial charge in [-0.15, -0.1) is 6.42 Å². The Morgan fingerprint density at radius 3 is 2.03 bits per heavy atom. The van der Waals surface area contributed by atoms with E-state index < -0.39 is 35.6 Å². The maximum Gasteiger partial charge on any atom is 0.408 e. The van der Waals surface area contributed by atoms with Gasteiger partial charge in [0.25, 0.3) is 5.91 Å². The van der Waals surface area contributed by atoms with Gasteiger partial charge in [0.15, 0.2) is 0 Å². The van der Waals surface area contributed by atoms with E-state index >= 15 is 0 Å². The SMILES string of the molecule is C#Cc1ccc(C(C(=O)NC(C)C)N(C#C)C(=O)C(C)NC(=O)OC(C)(C)C)cc1. The molecule has 0 saturated carbocycles. The van der Waals surface area contributed by atoms with Gasteiger partial charge in [-0.1, -0.05) is 24.5 Å². The molecule has 30 heavy (non-hydrogen) atoms. The minimum Gasteiger partial charge on any atom is -0.444 e. The first-order valence-corrected chi connectivity index (χ1v) is 9.55. The van der Waals surface area contributed by atoms with Gasteiger partial charge in [-0.2, -0.15) is 0 Å². The summed E-state index contributed by atoms with van der Waals surface area (Å²) in [7, 11) is 0. The van der Waals surface area contributed by atoms with Gasteiger partial charge in [-0.25, -0.2) is 4.79 Å². The Morgan fingerprint density at radius 1 is 1.03 bits per heavy atom. The molecule has 0 spiro atoms. The first-order valence-electron chi connectivity index (χ1n) is 9.55. The van der Waals surface area contributed by atoms with Crippen LogP contribution < -0.4 is 10.6 Å². The molecule has 2 unspecified atom stereocenters. The number of ether oxygens (including phenoxy) is 1. The molecule has 0 aliphatic heterocycles. The van der Waals surface area contributed by atoms with Gasteiger partial charge in [-0.05, 0) is 59.2 Å². The average molecular weight is 412 g/mol. The van der Waals surface area contributed by atoms with Crippen LogP contribution in [0.15, 0.2) is 24.3 Å². The predicted molar refractivity (Wildman–Crippen MR) is 115 cm³/mol. The van der Waals surface area contributed by atoms with Gasteiger partial charge in [0, 0.05) is 17.6 Å². The molecule has 0 fully saturated rings. The van der Waals surface area contributed by atoms with E-state index in [0.717, 1.165) is 4.90 Å². The van der Waals surface area contributed by atoms with E-state index in [-0.39, 0.29) is 6.04 Å². The molecule has 3 amide bonds. The standard InChI is InChI=1S/C23H29N3O4/c1-9-17-11-13-18(14-12-17)19(20(27)24-15(3)4)26(10-2)21(28)16(5)25-22(29)30-23(6,7)8/h1-2,11-16,19H,3-8H3,(H,24,27)(H,25,29). The van der Waals surface area contributed by atoms with Crippen molar-refractivity contribution in [3.05, 3.63) is 35.4 Å². The van der Waals surface area contributed by atoms with E-state index in [1.165, 1.54) is 6.92 Å². The van der Waals surface area contributed by atoms with E-state index in [2.05, 4.69) is 22.6 Å². The van der Waals surface area contributed by atoms with Crippen molar-refractivity contribution in [1.29, 1.82) is 0 Å². The van der Waals surface area contributed by atoms with Crippen LogP contribution in [-0.4, -0.2) is 40.5 Å². The summed E-state index contributed by atoms with van der Waals surface area (Å²) >= 11 is 0. The molecule has 0 aliphatic rings. The van der Waals surface area contributed by atoms with E-state index in [1.807, 2.05) is 0 Å². The van der Waals surface area contributed by atoms with E-state index in [0.29, 0.717) is 11.1 Å². The second-order valence-corrected chi connectivity index (χ2v) is 8.04. The summed E-state index contributed by atoms with van der Waals surface area (Å²) < 4.78 is 5.17. The molecule has 0 aliphatic carbocycles. The molecule has 0 heterocycles. The molecule has 160 valence electrons. The predicted octanol–water partition coefficient (Wildman–Crippen LogP) is 2.57. The Morgan fingerprint density at radius 2 is 1.60 bits per heavy atom. The summed E-state index contributed by atoms with van der Waals surface area (Å²) in [5, 5.41) is 5.22. The lowest BCUT2D eigenvalue weighted by Gasteiger charge is -2.29. The Bertz CT molecular complexity index is 854. The zero-order valence-corrected chi connectivity index (χ0v) is 18.3. The highest BCUT2D eigenvalue weighted by molar-refractivity contribution is 5.93. The second-order valence-electron chi connectivity index (χ2n) is 8.04. The highest BCUT2D eigenvalue weighted by Crippen LogP contribution is 2.22. The molecule has 0 saturated heterocycles. The Kier molecular flexibility index (Phi) is 8.49. The molecule has 1 rings (SSSR count). The maximum atomic E-state index is 13.0. The number of nitrogens with one attached hydrogen (secondary N) is 2. The van der Waals surface area contributed by atoms with Crippen LogP contribution in [0, 0.1) is 24.8 Å². The largest absolute Gasteiger partial charge is 0.444 e. The Balaban J connectivity index is 3.19. The molecule has 0 aromatic heterocycles. The molecule has 7 nitrogen and oxygen atoms in total. The molecular weight excluding hydrogens is 382 g/mol. The fraction of sp³-hybridized carbons (Fsp3) is 0.435. The zero-order chi connectivity index (χ0) is 23.1. The molecule has 0 bridgehead atoms. The molecule has 1 aromatic carbocycles. The van der Waals surface area contributed by atoms with Gasteiger partial charge < -0.3 is 15.4 Å². The third-order valence-corrected chi connectivity index (χ3v) is 3.81. The van der Waals surface area contributed by atoms with Crippen LogP contribution in [0.3, 0.4) is 0 Å². The molecule has 1 aromatic rings. The number of terminal acetylenes is 2. The number of hydrogen-bond acceptors (Lipinski definition) is 4. The minimum absolute atomic E-state index is 0.169. The fourth-order valence-electron chi connectivity index (χ4n) is 2.56. The number of amides is 3. The van der Waals surface area contributed by atoms with Crippen molar-refractivity contribution in [1.82, 2.24) is 15.5 Å². The summed E-state index contributed by atoms with van der Waals surface area (Å²) in [6.07, 6.45) is 10.2. The van der Waals surface area contributed by atoms with Crippen molar-refractivity contribution >= 4 is 17.9 Å². The number of rotatable bonds is 6. The van der Waals surface area contributed by atoms with Crippen LogP contribution >= 0.6 is 0 Å². The van der Waals surface area contributed by atoms with Crippen molar-refractivity contribution < 1.29 is 19.1 Å². The van der Waals surface area contributed by atoms with E-state index in [4.69, 9.17) is 17.6 Å². The molecule has 0 radical (unpaired) electrons. The van der Waals surface area contributed by atoms with Gasteiger partial charge >= 0.3 is 6.09 Å². The van der Waals surface area contributed by atoms with Crippen molar-refractivity contribution in [2.75, 3.05) is 0 Å². The van der Waals surface area contributed by atoms with Crippen LogP contribution in [0.5, 0.6) is 0 Å². The first kappa shape index (κ1) is 24.6. The van der Waals surface area contributed by atoms with Crippen LogP contribution in [0.1, 0.15) is 58.7 Å². The zero-order valence-electron chi connectivity index (χ0n) is 18.3. The second kappa shape index (κ2) is 10.4. The topological polar surface area (TPSA) is 87.7 Å². The smallest absolute Gasteiger partial charge is 0.408 e.